The zero-order valence-electron chi connectivity index (χ0n) is 14.8. The van der Waals surface area contributed by atoms with E-state index in [1.54, 1.807) is 19.2 Å². The van der Waals surface area contributed by atoms with E-state index in [0.717, 1.165) is 11.1 Å². The lowest BCUT2D eigenvalue weighted by Crippen LogP contribution is -2.41. The fraction of sp³-hybridized carbons (Fsp3) is 0.136. The highest BCUT2D eigenvalue weighted by Gasteiger charge is 2.13. The van der Waals surface area contributed by atoms with Crippen molar-refractivity contribution in [3.8, 4) is 5.75 Å². The van der Waals surface area contributed by atoms with Gasteiger partial charge in [0, 0.05) is 18.7 Å². The molecule has 0 saturated carbocycles. The molecule has 132 valence electrons. The van der Waals surface area contributed by atoms with Gasteiger partial charge in [-0.05, 0) is 29.3 Å². The summed E-state index contributed by atoms with van der Waals surface area (Å²) in [6.07, 6.45) is 0. The first-order valence-corrected chi connectivity index (χ1v) is 8.52. The Balaban J connectivity index is 1.76. The van der Waals surface area contributed by atoms with Crippen LogP contribution in [0.15, 0.2) is 84.9 Å². The lowest BCUT2D eigenvalue weighted by Gasteiger charge is -2.23. The van der Waals surface area contributed by atoms with E-state index in [1.165, 1.54) is 0 Å². The van der Waals surface area contributed by atoms with Gasteiger partial charge in [-0.3, -0.25) is 10.2 Å². The van der Waals surface area contributed by atoms with Crippen molar-refractivity contribution >= 4 is 5.91 Å². The third kappa shape index (κ3) is 4.94. The molecule has 0 fully saturated rings. The number of hydrogen-bond donors (Lipinski definition) is 1. The van der Waals surface area contributed by atoms with E-state index < -0.39 is 0 Å². The maximum absolute atomic E-state index is 12.7. The SMILES string of the molecule is COc1cccc(C(=O)NN(Cc2ccccc2)Cc2ccccc2)c1. The average Bonchev–Trinajstić information content (AvgIpc) is 2.69. The number of benzene rings is 3. The van der Waals surface area contributed by atoms with Gasteiger partial charge in [0.1, 0.15) is 5.75 Å². The molecule has 0 spiro atoms. The van der Waals surface area contributed by atoms with Crippen molar-refractivity contribution in [2.24, 2.45) is 0 Å². The van der Waals surface area contributed by atoms with Crippen molar-refractivity contribution in [1.29, 1.82) is 0 Å². The molecule has 0 unspecified atom stereocenters. The van der Waals surface area contributed by atoms with E-state index in [9.17, 15) is 4.79 Å². The Morgan fingerprint density at radius 2 is 1.42 bits per heavy atom. The molecule has 0 saturated heterocycles. The third-order valence-corrected chi connectivity index (χ3v) is 4.02. The van der Waals surface area contributed by atoms with Crippen molar-refractivity contribution in [2.45, 2.75) is 13.1 Å². The predicted octanol–water partition coefficient (Wildman–Crippen LogP) is 4.04. The molecule has 0 bridgehead atoms. The van der Waals surface area contributed by atoms with Crippen LogP contribution in [0.5, 0.6) is 5.75 Å². The number of amides is 1. The average molecular weight is 346 g/mol. The first-order valence-electron chi connectivity index (χ1n) is 8.52. The van der Waals surface area contributed by atoms with Gasteiger partial charge in [0.15, 0.2) is 0 Å². The Kier molecular flexibility index (Phi) is 6.01. The number of nitrogens with zero attached hydrogens (tertiary/aromatic N) is 1. The minimum atomic E-state index is -0.157. The molecule has 0 atom stereocenters. The van der Waals surface area contributed by atoms with E-state index in [-0.39, 0.29) is 5.91 Å². The molecule has 0 aliphatic carbocycles. The normalized spacial score (nSPS) is 10.5. The second-order valence-electron chi connectivity index (χ2n) is 6.00. The van der Waals surface area contributed by atoms with E-state index in [1.807, 2.05) is 53.5 Å². The first-order chi connectivity index (χ1) is 12.7. The van der Waals surface area contributed by atoms with Crippen molar-refractivity contribution in [1.82, 2.24) is 10.4 Å². The van der Waals surface area contributed by atoms with Crippen LogP contribution < -0.4 is 10.2 Å². The molecular formula is C22H22N2O2. The molecule has 4 nitrogen and oxygen atoms in total. The summed E-state index contributed by atoms with van der Waals surface area (Å²) in [4.78, 5) is 12.7. The van der Waals surface area contributed by atoms with Crippen LogP contribution in [-0.4, -0.2) is 18.0 Å². The largest absolute Gasteiger partial charge is 0.497 e. The number of rotatable bonds is 7. The zero-order chi connectivity index (χ0) is 18.2. The Hall–Kier alpha value is -3.11. The summed E-state index contributed by atoms with van der Waals surface area (Å²) in [5.74, 6) is 0.506. The maximum Gasteiger partial charge on any atom is 0.265 e. The summed E-state index contributed by atoms with van der Waals surface area (Å²) in [5, 5.41) is 1.92. The second-order valence-corrected chi connectivity index (χ2v) is 6.00. The first kappa shape index (κ1) is 17.7. The summed E-state index contributed by atoms with van der Waals surface area (Å²) < 4.78 is 5.21. The molecule has 0 aliphatic rings. The quantitative estimate of drug-likeness (QED) is 0.657. The highest BCUT2D eigenvalue weighted by Crippen LogP contribution is 2.13. The summed E-state index contributed by atoms with van der Waals surface area (Å²) >= 11 is 0. The Bertz CT molecular complexity index is 794. The third-order valence-electron chi connectivity index (χ3n) is 4.02. The molecule has 1 amide bonds. The number of methoxy groups -OCH3 is 1. The maximum atomic E-state index is 12.7. The molecule has 26 heavy (non-hydrogen) atoms. The zero-order valence-corrected chi connectivity index (χ0v) is 14.8. The van der Waals surface area contributed by atoms with Crippen LogP contribution >= 0.6 is 0 Å². The summed E-state index contributed by atoms with van der Waals surface area (Å²) in [7, 11) is 1.59. The van der Waals surface area contributed by atoms with Gasteiger partial charge in [-0.1, -0.05) is 66.7 Å². The lowest BCUT2D eigenvalue weighted by atomic mass is 10.2. The van der Waals surface area contributed by atoms with Gasteiger partial charge in [-0.2, -0.15) is 0 Å². The lowest BCUT2D eigenvalue weighted by molar-refractivity contribution is 0.0759. The molecule has 0 aromatic heterocycles. The standard InChI is InChI=1S/C22H22N2O2/c1-26-21-14-8-13-20(15-21)22(25)23-24(16-18-9-4-2-5-10-18)17-19-11-6-3-7-12-19/h2-15H,16-17H2,1H3,(H,23,25). The van der Waals surface area contributed by atoms with Gasteiger partial charge in [-0.25, -0.2) is 5.01 Å². The van der Waals surface area contributed by atoms with Crippen molar-refractivity contribution in [3.63, 3.8) is 0 Å². The van der Waals surface area contributed by atoms with Crippen LogP contribution in [0.3, 0.4) is 0 Å². The minimum Gasteiger partial charge on any atom is -0.497 e. The van der Waals surface area contributed by atoms with Crippen LogP contribution in [0.1, 0.15) is 21.5 Å². The smallest absolute Gasteiger partial charge is 0.265 e. The van der Waals surface area contributed by atoms with Gasteiger partial charge < -0.3 is 4.74 Å². The van der Waals surface area contributed by atoms with Crippen molar-refractivity contribution in [3.05, 3.63) is 102 Å². The van der Waals surface area contributed by atoms with Crippen LogP contribution in [-0.2, 0) is 13.1 Å². The van der Waals surface area contributed by atoms with E-state index in [0.29, 0.717) is 24.4 Å². The molecule has 1 N–H and O–H groups in total. The Morgan fingerprint density at radius 3 is 1.96 bits per heavy atom. The monoisotopic (exact) mass is 346 g/mol. The highest BCUT2D eigenvalue weighted by atomic mass is 16.5. The molecule has 3 aromatic rings. The molecular weight excluding hydrogens is 324 g/mol. The van der Waals surface area contributed by atoms with Gasteiger partial charge in [0.05, 0.1) is 7.11 Å². The van der Waals surface area contributed by atoms with Crippen LogP contribution in [0, 0.1) is 0 Å². The molecule has 0 radical (unpaired) electrons. The number of nitrogens with one attached hydrogen (secondary N) is 1. The Labute approximate surface area is 154 Å². The number of ether oxygens (including phenoxy) is 1. The van der Waals surface area contributed by atoms with E-state index in [2.05, 4.69) is 29.7 Å². The highest BCUT2D eigenvalue weighted by molar-refractivity contribution is 5.94. The summed E-state index contributed by atoms with van der Waals surface area (Å²) in [6, 6.07) is 27.3. The molecule has 4 heteroatoms. The van der Waals surface area contributed by atoms with E-state index in [4.69, 9.17) is 4.74 Å². The predicted molar refractivity (Wildman–Crippen MR) is 103 cm³/mol. The van der Waals surface area contributed by atoms with Crippen LogP contribution in [0.4, 0.5) is 0 Å². The number of hydrazine groups is 1. The Morgan fingerprint density at radius 1 is 0.846 bits per heavy atom. The summed E-state index contributed by atoms with van der Waals surface area (Å²) in [5.41, 5.74) is 5.85. The van der Waals surface area contributed by atoms with Crippen LogP contribution in [0.25, 0.3) is 0 Å². The van der Waals surface area contributed by atoms with Gasteiger partial charge in [-0.15, -0.1) is 0 Å². The van der Waals surface area contributed by atoms with Crippen molar-refractivity contribution < 1.29 is 9.53 Å². The molecule has 3 rings (SSSR count). The number of hydrogen-bond acceptors (Lipinski definition) is 3. The molecule has 3 aromatic carbocycles. The second kappa shape index (κ2) is 8.83. The number of carbonyl (C=O) groups is 1. The topological polar surface area (TPSA) is 41.6 Å². The van der Waals surface area contributed by atoms with Crippen LogP contribution in [0.2, 0.25) is 0 Å². The van der Waals surface area contributed by atoms with Crippen molar-refractivity contribution in [2.75, 3.05) is 7.11 Å². The molecule has 0 heterocycles. The molecule has 0 aliphatic heterocycles. The number of carbonyl (C=O) groups excluding carboxylic acids is 1. The minimum absolute atomic E-state index is 0.157. The van der Waals surface area contributed by atoms with Gasteiger partial charge in [0.2, 0.25) is 0 Å². The van der Waals surface area contributed by atoms with Gasteiger partial charge >= 0.3 is 0 Å². The van der Waals surface area contributed by atoms with E-state index >= 15 is 0 Å². The summed E-state index contributed by atoms with van der Waals surface area (Å²) in [6.45, 7) is 1.23. The fourth-order valence-corrected chi connectivity index (χ4v) is 2.72. The van der Waals surface area contributed by atoms with Gasteiger partial charge in [0.25, 0.3) is 5.91 Å². The fourth-order valence-electron chi connectivity index (χ4n) is 2.72.